The highest BCUT2D eigenvalue weighted by Gasteiger charge is 2.33. The Kier molecular flexibility index (Phi) is 4.05. The second-order valence-corrected chi connectivity index (χ2v) is 6.19. The SMILES string of the molecule is COC(=O)C1COCCN1c1nc(C(C)(C)C)ns1. The van der Waals surface area contributed by atoms with Gasteiger partial charge in [0.1, 0.15) is 5.82 Å². The lowest BCUT2D eigenvalue weighted by atomic mass is 9.96. The van der Waals surface area contributed by atoms with Crippen LogP contribution in [0.1, 0.15) is 26.6 Å². The van der Waals surface area contributed by atoms with Crippen LogP contribution in [0, 0.1) is 0 Å². The van der Waals surface area contributed by atoms with Gasteiger partial charge in [0, 0.05) is 23.5 Å². The van der Waals surface area contributed by atoms with Crippen molar-refractivity contribution in [2.75, 3.05) is 31.8 Å². The summed E-state index contributed by atoms with van der Waals surface area (Å²) in [6.07, 6.45) is 0. The molecule has 19 heavy (non-hydrogen) atoms. The van der Waals surface area contributed by atoms with Crippen LogP contribution < -0.4 is 4.90 Å². The summed E-state index contributed by atoms with van der Waals surface area (Å²) in [7, 11) is 1.38. The number of ether oxygens (including phenoxy) is 2. The minimum atomic E-state index is -0.431. The molecular formula is C12H19N3O3S. The molecule has 106 valence electrons. The lowest BCUT2D eigenvalue weighted by Gasteiger charge is -2.33. The molecular weight excluding hydrogens is 266 g/mol. The van der Waals surface area contributed by atoms with Gasteiger partial charge in [-0.2, -0.15) is 4.37 Å². The average molecular weight is 285 g/mol. The molecule has 1 aliphatic heterocycles. The van der Waals surface area contributed by atoms with Crippen LogP contribution in [0.4, 0.5) is 5.13 Å². The summed E-state index contributed by atoms with van der Waals surface area (Å²) < 4.78 is 14.5. The van der Waals surface area contributed by atoms with E-state index in [4.69, 9.17) is 9.47 Å². The van der Waals surface area contributed by atoms with E-state index in [-0.39, 0.29) is 11.4 Å². The van der Waals surface area contributed by atoms with Crippen molar-refractivity contribution in [1.82, 2.24) is 9.36 Å². The van der Waals surface area contributed by atoms with E-state index in [1.165, 1.54) is 18.6 Å². The Morgan fingerprint density at radius 3 is 2.84 bits per heavy atom. The highest BCUT2D eigenvalue weighted by Crippen LogP contribution is 2.27. The number of aromatic nitrogens is 2. The summed E-state index contributed by atoms with van der Waals surface area (Å²) in [6, 6.07) is -0.431. The zero-order valence-corrected chi connectivity index (χ0v) is 12.5. The Morgan fingerprint density at radius 2 is 2.26 bits per heavy atom. The minimum absolute atomic E-state index is 0.0954. The van der Waals surface area contributed by atoms with E-state index in [9.17, 15) is 4.79 Å². The lowest BCUT2D eigenvalue weighted by molar-refractivity contribution is -0.144. The Morgan fingerprint density at radius 1 is 1.53 bits per heavy atom. The fraction of sp³-hybridized carbons (Fsp3) is 0.750. The number of anilines is 1. The van der Waals surface area contributed by atoms with Crippen LogP contribution >= 0.6 is 11.5 Å². The van der Waals surface area contributed by atoms with E-state index < -0.39 is 6.04 Å². The van der Waals surface area contributed by atoms with Gasteiger partial charge in [-0.3, -0.25) is 0 Å². The number of rotatable bonds is 2. The molecule has 7 heteroatoms. The predicted molar refractivity (Wildman–Crippen MR) is 72.6 cm³/mol. The number of hydrogen-bond acceptors (Lipinski definition) is 7. The summed E-state index contributed by atoms with van der Waals surface area (Å²) in [5.41, 5.74) is -0.0954. The molecule has 1 aromatic rings. The average Bonchev–Trinajstić information content (AvgIpc) is 2.87. The van der Waals surface area contributed by atoms with Crippen molar-refractivity contribution in [2.24, 2.45) is 0 Å². The molecule has 1 atom stereocenters. The van der Waals surface area contributed by atoms with Crippen molar-refractivity contribution < 1.29 is 14.3 Å². The maximum Gasteiger partial charge on any atom is 0.330 e. The van der Waals surface area contributed by atoms with Crippen LogP contribution in [0.25, 0.3) is 0 Å². The molecule has 0 spiro atoms. The van der Waals surface area contributed by atoms with E-state index in [0.717, 1.165) is 11.0 Å². The first kappa shape index (κ1) is 14.2. The van der Waals surface area contributed by atoms with Gasteiger partial charge >= 0.3 is 5.97 Å². The van der Waals surface area contributed by atoms with Crippen LogP contribution in [-0.4, -0.2) is 48.2 Å². The third kappa shape index (κ3) is 3.03. The van der Waals surface area contributed by atoms with Gasteiger partial charge in [-0.05, 0) is 0 Å². The van der Waals surface area contributed by atoms with Crippen LogP contribution in [0.15, 0.2) is 0 Å². The summed E-state index contributed by atoms with van der Waals surface area (Å²) in [5.74, 6) is 0.495. The maximum atomic E-state index is 11.8. The summed E-state index contributed by atoms with van der Waals surface area (Å²) in [4.78, 5) is 18.2. The van der Waals surface area contributed by atoms with Crippen molar-refractivity contribution in [2.45, 2.75) is 32.2 Å². The van der Waals surface area contributed by atoms with Gasteiger partial charge in [-0.1, -0.05) is 20.8 Å². The molecule has 1 fully saturated rings. The van der Waals surface area contributed by atoms with Gasteiger partial charge < -0.3 is 14.4 Å². The topological polar surface area (TPSA) is 64.6 Å². The van der Waals surface area contributed by atoms with E-state index in [1.807, 2.05) is 4.90 Å². The van der Waals surface area contributed by atoms with Crippen molar-refractivity contribution in [1.29, 1.82) is 0 Å². The predicted octanol–water partition coefficient (Wildman–Crippen LogP) is 1.21. The van der Waals surface area contributed by atoms with Gasteiger partial charge in [0.2, 0.25) is 5.13 Å². The van der Waals surface area contributed by atoms with Gasteiger partial charge in [0.15, 0.2) is 6.04 Å². The maximum absolute atomic E-state index is 11.8. The summed E-state index contributed by atoms with van der Waals surface area (Å²) in [6.45, 7) is 7.73. The standard InChI is InChI=1S/C12H19N3O3S/c1-12(2,3)10-13-11(19-14-10)15-5-6-18-7-8(15)9(16)17-4/h8H,5-7H2,1-4H3. The normalized spacial score (nSPS) is 20.4. The molecule has 0 N–H and O–H groups in total. The van der Waals surface area contributed by atoms with Gasteiger partial charge in [-0.15, -0.1) is 0 Å². The molecule has 1 aromatic heterocycles. The van der Waals surface area contributed by atoms with E-state index in [0.29, 0.717) is 19.8 Å². The second kappa shape index (κ2) is 5.42. The molecule has 1 unspecified atom stereocenters. The molecule has 2 heterocycles. The summed E-state index contributed by atoms with van der Waals surface area (Å²) >= 11 is 1.32. The van der Waals surface area contributed by atoms with Crippen molar-refractivity contribution in [3.63, 3.8) is 0 Å². The van der Waals surface area contributed by atoms with Crippen molar-refractivity contribution >= 4 is 22.6 Å². The molecule has 0 aliphatic carbocycles. The second-order valence-electron chi connectivity index (χ2n) is 5.46. The molecule has 0 bridgehead atoms. The summed E-state index contributed by atoms with van der Waals surface area (Å²) in [5, 5.41) is 0.753. The smallest absolute Gasteiger partial charge is 0.330 e. The van der Waals surface area contributed by atoms with Crippen molar-refractivity contribution in [3.05, 3.63) is 5.82 Å². The molecule has 1 aliphatic rings. The van der Waals surface area contributed by atoms with Gasteiger partial charge in [-0.25, -0.2) is 9.78 Å². The number of carbonyl (C=O) groups is 1. The molecule has 1 saturated heterocycles. The zero-order chi connectivity index (χ0) is 14.0. The number of esters is 1. The van der Waals surface area contributed by atoms with Crippen LogP contribution in [-0.2, 0) is 19.7 Å². The van der Waals surface area contributed by atoms with Gasteiger partial charge in [0.25, 0.3) is 0 Å². The number of morpholine rings is 1. The van der Waals surface area contributed by atoms with Crippen LogP contribution in [0.3, 0.4) is 0 Å². The molecule has 0 aromatic carbocycles. The Bertz CT molecular complexity index is 455. The number of hydrogen-bond donors (Lipinski definition) is 0. The molecule has 0 saturated carbocycles. The number of methoxy groups -OCH3 is 1. The van der Waals surface area contributed by atoms with E-state index in [1.54, 1.807) is 0 Å². The number of nitrogens with zero attached hydrogens (tertiary/aromatic N) is 3. The monoisotopic (exact) mass is 285 g/mol. The fourth-order valence-corrected chi connectivity index (χ4v) is 2.73. The first-order valence-corrected chi connectivity index (χ1v) is 6.97. The fourth-order valence-electron chi connectivity index (χ4n) is 1.80. The van der Waals surface area contributed by atoms with Crippen molar-refractivity contribution in [3.8, 4) is 0 Å². The molecule has 0 radical (unpaired) electrons. The largest absolute Gasteiger partial charge is 0.467 e. The number of carbonyl (C=O) groups excluding carboxylic acids is 1. The lowest BCUT2D eigenvalue weighted by Crippen LogP contribution is -2.50. The zero-order valence-electron chi connectivity index (χ0n) is 11.7. The Balaban J connectivity index is 2.23. The molecule has 2 rings (SSSR count). The first-order chi connectivity index (χ1) is 8.93. The first-order valence-electron chi connectivity index (χ1n) is 6.20. The van der Waals surface area contributed by atoms with Crippen LogP contribution in [0.2, 0.25) is 0 Å². The third-order valence-electron chi connectivity index (χ3n) is 2.93. The van der Waals surface area contributed by atoms with Crippen LogP contribution in [0.5, 0.6) is 0 Å². The van der Waals surface area contributed by atoms with E-state index >= 15 is 0 Å². The molecule has 0 amide bonds. The van der Waals surface area contributed by atoms with Gasteiger partial charge in [0.05, 0.1) is 20.3 Å². The Hall–Kier alpha value is -1.21. The Labute approximate surface area is 116 Å². The highest BCUT2D eigenvalue weighted by atomic mass is 32.1. The third-order valence-corrected chi connectivity index (χ3v) is 3.69. The highest BCUT2D eigenvalue weighted by molar-refractivity contribution is 7.09. The van der Waals surface area contributed by atoms with E-state index in [2.05, 4.69) is 30.1 Å². The minimum Gasteiger partial charge on any atom is -0.467 e. The molecule has 6 nitrogen and oxygen atoms in total. The quantitative estimate of drug-likeness (QED) is 0.761.